The summed E-state index contributed by atoms with van der Waals surface area (Å²) in [6.07, 6.45) is 0.675. The van der Waals surface area contributed by atoms with E-state index >= 15 is 0 Å². The second kappa shape index (κ2) is 6.45. The van der Waals surface area contributed by atoms with Crippen molar-refractivity contribution in [2.45, 2.75) is 13.0 Å². The number of nitrogens with one attached hydrogen (secondary N) is 1. The number of hydrogen-bond acceptors (Lipinski definition) is 6. The van der Waals surface area contributed by atoms with E-state index in [0.29, 0.717) is 24.7 Å². The van der Waals surface area contributed by atoms with Gasteiger partial charge in [-0.15, -0.1) is 11.3 Å². The molecule has 0 aliphatic carbocycles. The summed E-state index contributed by atoms with van der Waals surface area (Å²) >= 11 is 1.53. The first-order valence-electron chi connectivity index (χ1n) is 7.64. The van der Waals surface area contributed by atoms with Crippen LogP contribution in [0.1, 0.15) is 11.4 Å². The summed E-state index contributed by atoms with van der Waals surface area (Å²) in [6.45, 7) is 0.626. The van der Waals surface area contributed by atoms with Crippen LogP contribution < -0.4 is 10.1 Å². The third kappa shape index (κ3) is 3.03. The fourth-order valence-electron chi connectivity index (χ4n) is 2.63. The molecule has 0 fully saturated rings. The number of thiophene rings is 1. The Morgan fingerprint density at radius 3 is 3.08 bits per heavy atom. The summed E-state index contributed by atoms with van der Waals surface area (Å²) < 4.78 is 10.9. The third-order valence-electron chi connectivity index (χ3n) is 3.87. The topological polar surface area (TPSA) is 77.3 Å². The quantitative estimate of drug-likeness (QED) is 0.789. The Hall–Kier alpha value is -2.67. The van der Waals surface area contributed by atoms with Gasteiger partial charge < -0.3 is 14.6 Å². The van der Waals surface area contributed by atoms with Crippen LogP contribution in [0.4, 0.5) is 0 Å². The van der Waals surface area contributed by atoms with Crippen LogP contribution in [0.15, 0.2) is 46.3 Å². The minimum atomic E-state index is -0.205. The van der Waals surface area contributed by atoms with Crippen molar-refractivity contribution in [3.05, 3.63) is 53.2 Å². The maximum Gasteiger partial charge on any atom is 0.268 e. The number of nitrogens with zero attached hydrogens (tertiary/aromatic N) is 2. The zero-order chi connectivity index (χ0) is 16.4. The van der Waals surface area contributed by atoms with Crippen LogP contribution in [0.2, 0.25) is 0 Å². The summed E-state index contributed by atoms with van der Waals surface area (Å²) in [5.41, 5.74) is 1.06. The van der Waals surface area contributed by atoms with Gasteiger partial charge in [-0.2, -0.15) is 4.98 Å². The van der Waals surface area contributed by atoms with Gasteiger partial charge >= 0.3 is 0 Å². The lowest BCUT2D eigenvalue weighted by Crippen LogP contribution is -2.37. The zero-order valence-corrected chi connectivity index (χ0v) is 13.6. The molecule has 6 nitrogen and oxygen atoms in total. The van der Waals surface area contributed by atoms with Gasteiger partial charge in [0.2, 0.25) is 5.91 Å². The number of para-hydroxylation sites is 1. The van der Waals surface area contributed by atoms with E-state index in [1.54, 1.807) is 0 Å². The average Bonchev–Trinajstić information content (AvgIpc) is 3.30. The predicted octanol–water partition coefficient (Wildman–Crippen LogP) is 2.67. The molecular formula is C17H15N3O3S. The van der Waals surface area contributed by atoms with Crippen molar-refractivity contribution in [3.63, 3.8) is 0 Å². The third-order valence-corrected chi connectivity index (χ3v) is 4.73. The van der Waals surface area contributed by atoms with E-state index in [4.69, 9.17) is 9.26 Å². The van der Waals surface area contributed by atoms with Gasteiger partial charge in [0.05, 0.1) is 17.3 Å². The summed E-state index contributed by atoms with van der Waals surface area (Å²) in [5.74, 6) is 1.53. The molecular weight excluding hydrogens is 326 g/mol. The minimum absolute atomic E-state index is 0.0630. The van der Waals surface area contributed by atoms with Crippen LogP contribution in [0, 0.1) is 5.92 Å². The maximum absolute atomic E-state index is 12.3. The number of carbonyl (C=O) groups excluding carboxylic acids is 1. The van der Waals surface area contributed by atoms with Crippen LogP contribution in [0.25, 0.3) is 10.8 Å². The molecule has 1 amide bonds. The summed E-state index contributed by atoms with van der Waals surface area (Å²) in [5, 5.41) is 8.70. The molecule has 122 valence electrons. The smallest absolute Gasteiger partial charge is 0.268 e. The highest BCUT2D eigenvalue weighted by molar-refractivity contribution is 7.13. The molecule has 3 heterocycles. The van der Waals surface area contributed by atoms with E-state index in [9.17, 15) is 4.79 Å². The van der Waals surface area contributed by atoms with E-state index in [-0.39, 0.29) is 18.4 Å². The highest BCUT2D eigenvalue weighted by atomic mass is 32.1. The molecule has 0 radical (unpaired) electrons. The predicted molar refractivity (Wildman–Crippen MR) is 88.6 cm³/mol. The van der Waals surface area contributed by atoms with Crippen LogP contribution in [0.5, 0.6) is 5.75 Å². The summed E-state index contributed by atoms with van der Waals surface area (Å²) in [4.78, 5) is 17.5. The normalized spacial score (nSPS) is 16.2. The Kier molecular flexibility index (Phi) is 4.00. The number of benzene rings is 1. The number of amides is 1. The highest BCUT2D eigenvalue weighted by Crippen LogP contribution is 2.27. The maximum atomic E-state index is 12.3. The molecule has 7 heteroatoms. The monoisotopic (exact) mass is 341 g/mol. The molecule has 1 N–H and O–H groups in total. The molecule has 3 aromatic rings. The van der Waals surface area contributed by atoms with Gasteiger partial charge in [0.15, 0.2) is 5.82 Å². The second-order valence-corrected chi connectivity index (χ2v) is 6.48. The summed E-state index contributed by atoms with van der Waals surface area (Å²) in [7, 11) is 0. The van der Waals surface area contributed by atoms with Crippen molar-refractivity contribution in [2.75, 3.05) is 6.61 Å². The first kappa shape index (κ1) is 14.9. The molecule has 1 aromatic carbocycles. The SMILES string of the molecule is O=C(NCc1noc(-c2cccs2)n1)C1COc2ccccc2C1. The Morgan fingerprint density at radius 1 is 1.29 bits per heavy atom. The average molecular weight is 341 g/mol. The van der Waals surface area contributed by atoms with Crippen molar-refractivity contribution in [1.29, 1.82) is 0 Å². The van der Waals surface area contributed by atoms with Crippen molar-refractivity contribution in [2.24, 2.45) is 5.92 Å². The van der Waals surface area contributed by atoms with Gasteiger partial charge in [0, 0.05) is 0 Å². The number of ether oxygens (including phenoxy) is 1. The lowest BCUT2D eigenvalue weighted by atomic mass is 9.96. The number of fused-ring (bicyclic) bond motifs is 1. The van der Waals surface area contributed by atoms with E-state index in [1.807, 2.05) is 41.8 Å². The molecule has 0 saturated heterocycles. The van der Waals surface area contributed by atoms with Crippen LogP contribution in [0.3, 0.4) is 0 Å². The number of rotatable bonds is 4. The van der Waals surface area contributed by atoms with Gasteiger partial charge in [0.25, 0.3) is 5.89 Å². The Bertz CT molecular complexity index is 844. The lowest BCUT2D eigenvalue weighted by molar-refractivity contribution is -0.126. The van der Waals surface area contributed by atoms with Crippen LogP contribution in [-0.2, 0) is 17.8 Å². The largest absolute Gasteiger partial charge is 0.492 e. The standard InChI is InChI=1S/C17H15N3O3S/c21-16(12-8-11-4-1-2-5-13(11)22-10-12)18-9-15-19-17(23-20-15)14-6-3-7-24-14/h1-7,12H,8-10H2,(H,18,21). The Labute approximate surface area is 142 Å². The molecule has 1 atom stereocenters. The fraction of sp³-hybridized carbons (Fsp3) is 0.235. The van der Waals surface area contributed by atoms with E-state index in [0.717, 1.165) is 16.2 Å². The highest BCUT2D eigenvalue weighted by Gasteiger charge is 2.25. The van der Waals surface area contributed by atoms with Gasteiger partial charge in [-0.05, 0) is 29.5 Å². The van der Waals surface area contributed by atoms with E-state index in [2.05, 4.69) is 15.5 Å². The van der Waals surface area contributed by atoms with E-state index in [1.165, 1.54) is 11.3 Å². The van der Waals surface area contributed by atoms with Crippen LogP contribution >= 0.6 is 11.3 Å². The molecule has 0 spiro atoms. The number of carbonyl (C=O) groups is 1. The summed E-state index contributed by atoms with van der Waals surface area (Å²) in [6, 6.07) is 11.6. The zero-order valence-electron chi connectivity index (χ0n) is 12.8. The Balaban J connectivity index is 1.36. The molecule has 4 rings (SSSR count). The van der Waals surface area contributed by atoms with E-state index < -0.39 is 0 Å². The first-order chi connectivity index (χ1) is 11.8. The Morgan fingerprint density at radius 2 is 2.21 bits per heavy atom. The molecule has 0 bridgehead atoms. The number of hydrogen-bond donors (Lipinski definition) is 1. The van der Waals surface area contributed by atoms with Crippen molar-refractivity contribution in [1.82, 2.24) is 15.5 Å². The van der Waals surface area contributed by atoms with Crippen molar-refractivity contribution in [3.8, 4) is 16.5 Å². The molecule has 1 unspecified atom stereocenters. The van der Waals surface area contributed by atoms with Crippen LogP contribution in [-0.4, -0.2) is 22.7 Å². The minimum Gasteiger partial charge on any atom is -0.492 e. The van der Waals surface area contributed by atoms with Gasteiger partial charge in [0.1, 0.15) is 12.4 Å². The molecule has 24 heavy (non-hydrogen) atoms. The van der Waals surface area contributed by atoms with Gasteiger partial charge in [-0.3, -0.25) is 4.79 Å². The van der Waals surface area contributed by atoms with Gasteiger partial charge in [-0.25, -0.2) is 0 Å². The first-order valence-corrected chi connectivity index (χ1v) is 8.52. The second-order valence-electron chi connectivity index (χ2n) is 5.53. The van der Waals surface area contributed by atoms with Crippen molar-refractivity contribution >= 4 is 17.2 Å². The molecule has 1 aliphatic rings. The molecule has 1 aliphatic heterocycles. The van der Waals surface area contributed by atoms with Crippen molar-refractivity contribution < 1.29 is 14.1 Å². The molecule has 2 aromatic heterocycles. The fourth-order valence-corrected chi connectivity index (χ4v) is 3.28. The number of aromatic nitrogens is 2. The van der Waals surface area contributed by atoms with Gasteiger partial charge in [-0.1, -0.05) is 29.4 Å². The lowest BCUT2D eigenvalue weighted by Gasteiger charge is -2.24. The molecule has 0 saturated carbocycles.